The molecule has 0 spiro atoms. The number of aliphatic hydroxyl groups is 3. The number of esters is 1. The molecule has 0 radical (unpaired) electrons. The number of epoxide rings is 1. The Labute approximate surface area is 293 Å². The first-order chi connectivity index (χ1) is 23.2. The highest BCUT2D eigenvalue weighted by Gasteiger charge is 2.50. The average molecular weight is 694 g/mol. The van der Waals surface area contributed by atoms with Crippen LogP contribution in [-0.4, -0.2) is 139 Å². The Balaban J connectivity index is 1.67. The first kappa shape index (κ1) is 41.1. The standard InChI is InChI=1S/C37H63N3O9/c1-9-29(46-8)27(5)34-35(49-34)32(43)24(2)11-10-12-25(3)33-26(4)13-14-30(37(6,45)16-15-28(41)23-31(42)48-33)47-36(44)38-17-18-40-21-19-39(7)20-22-40/h10-14,24,26-30,32-35,41,43,45H,9,15-23H2,1-8H3,(H,38,44)/b11-10+,14-13+,25-12+. The van der Waals surface area contributed by atoms with Gasteiger partial charge in [0.2, 0.25) is 0 Å². The molecule has 2 saturated heterocycles. The summed E-state index contributed by atoms with van der Waals surface area (Å²) >= 11 is 0. The van der Waals surface area contributed by atoms with E-state index in [1.165, 1.54) is 0 Å². The Morgan fingerprint density at radius 3 is 2.55 bits per heavy atom. The van der Waals surface area contributed by atoms with Crippen LogP contribution >= 0.6 is 0 Å². The van der Waals surface area contributed by atoms with Crippen LogP contribution in [0.3, 0.4) is 0 Å². The molecular weight excluding hydrogens is 630 g/mol. The van der Waals surface area contributed by atoms with Gasteiger partial charge in [0.05, 0.1) is 30.8 Å². The number of likely N-dealkylation sites (N-methyl/N-ethyl adjacent to an activating group) is 1. The summed E-state index contributed by atoms with van der Waals surface area (Å²) in [6, 6.07) is 0. The van der Waals surface area contributed by atoms with Crippen molar-refractivity contribution in [2.45, 2.75) is 116 Å². The Kier molecular flexibility index (Phi) is 16.2. The van der Waals surface area contributed by atoms with Crippen LogP contribution in [0.25, 0.3) is 0 Å². The van der Waals surface area contributed by atoms with E-state index in [4.69, 9.17) is 18.9 Å². The number of hydrogen-bond acceptors (Lipinski definition) is 11. The molecular formula is C37H63N3O9. The van der Waals surface area contributed by atoms with Crippen LogP contribution in [0.15, 0.2) is 36.0 Å². The second kappa shape index (κ2) is 19.3. The number of cyclic esters (lactones) is 1. The van der Waals surface area contributed by atoms with Crippen molar-refractivity contribution in [2.75, 3.05) is 53.4 Å². The molecule has 12 heteroatoms. The van der Waals surface area contributed by atoms with Crippen molar-refractivity contribution in [3.05, 3.63) is 36.0 Å². The van der Waals surface area contributed by atoms with Gasteiger partial charge in [-0.15, -0.1) is 0 Å². The molecule has 0 aliphatic carbocycles. The molecule has 3 rings (SSSR count). The smallest absolute Gasteiger partial charge is 0.407 e. The SMILES string of the molecule is CCC(OC)C(C)C1OC1C(O)C(C)/C=C/C=C(\C)C1OC(=O)CC(O)CCC(C)(O)C(OC(=O)NCCN2CCN(C)CC2)/C=C/C1C. The Morgan fingerprint density at radius 1 is 1.20 bits per heavy atom. The van der Waals surface area contributed by atoms with Crippen LogP contribution in [0.4, 0.5) is 4.79 Å². The summed E-state index contributed by atoms with van der Waals surface area (Å²) in [6.07, 6.45) is 5.64. The highest BCUT2D eigenvalue weighted by atomic mass is 16.6. The van der Waals surface area contributed by atoms with Gasteiger partial charge in [-0.2, -0.15) is 0 Å². The fourth-order valence-corrected chi connectivity index (χ4v) is 6.68. The number of methoxy groups -OCH3 is 1. The van der Waals surface area contributed by atoms with E-state index in [0.717, 1.165) is 38.2 Å². The van der Waals surface area contributed by atoms with E-state index in [2.05, 4.69) is 36.0 Å². The van der Waals surface area contributed by atoms with Crippen molar-refractivity contribution in [3.8, 4) is 0 Å². The number of alkyl carbamates (subject to hydrolysis) is 1. The van der Waals surface area contributed by atoms with E-state index in [1.54, 1.807) is 26.2 Å². The normalized spacial score (nSPS) is 34.2. The third kappa shape index (κ3) is 12.7. The van der Waals surface area contributed by atoms with Crippen LogP contribution in [0, 0.1) is 17.8 Å². The summed E-state index contributed by atoms with van der Waals surface area (Å²) in [5.41, 5.74) is -0.737. The number of allylic oxidation sites excluding steroid dienone is 2. The maximum Gasteiger partial charge on any atom is 0.407 e. The maximum absolute atomic E-state index is 12.8. The largest absolute Gasteiger partial charge is 0.457 e. The molecule has 0 aromatic carbocycles. The summed E-state index contributed by atoms with van der Waals surface area (Å²) in [5.74, 6) is -0.914. The minimum absolute atomic E-state index is 0.0478. The Hall–Kier alpha value is -2.32. The molecule has 0 bridgehead atoms. The summed E-state index contributed by atoms with van der Waals surface area (Å²) < 4.78 is 23.0. The van der Waals surface area contributed by atoms with E-state index in [0.29, 0.717) is 13.1 Å². The fourth-order valence-electron chi connectivity index (χ4n) is 6.68. The highest BCUT2D eigenvalue weighted by molar-refractivity contribution is 5.70. The molecule has 1 amide bonds. The molecule has 280 valence electrons. The van der Waals surface area contributed by atoms with Crippen LogP contribution in [0.1, 0.15) is 67.2 Å². The Morgan fingerprint density at radius 2 is 1.90 bits per heavy atom. The van der Waals surface area contributed by atoms with Crippen molar-refractivity contribution in [1.82, 2.24) is 15.1 Å². The van der Waals surface area contributed by atoms with Crippen LogP contribution < -0.4 is 5.32 Å². The van der Waals surface area contributed by atoms with Gasteiger partial charge in [0, 0.05) is 64.1 Å². The summed E-state index contributed by atoms with van der Waals surface area (Å²) in [7, 11) is 3.79. The van der Waals surface area contributed by atoms with Crippen molar-refractivity contribution in [3.63, 3.8) is 0 Å². The van der Waals surface area contributed by atoms with Crippen molar-refractivity contribution in [2.24, 2.45) is 17.8 Å². The minimum atomic E-state index is -1.49. The van der Waals surface area contributed by atoms with Gasteiger partial charge in [-0.1, -0.05) is 52.0 Å². The monoisotopic (exact) mass is 693 g/mol. The lowest BCUT2D eigenvalue weighted by Gasteiger charge is -2.33. The summed E-state index contributed by atoms with van der Waals surface area (Å²) in [6.45, 7) is 16.4. The number of aliphatic hydroxyl groups excluding tert-OH is 2. The minimum Gasteiger partial charge on any atom is -0.457 e. The van der Waals surface area contributed by atoms with E-state index < -0.39 is 42.1 Å². The predicted octanol–water partition coefficient (Wildman–Crippen LogP) is 3.06. The highest BCUT2D eigenvalue weighted by Crippen LogP contribution is 2.37. The van der Waals surface area contributed by atoms with Crippen molar-refractivity contribution >= 4 is 12.1 Å². The van der Waals surface area contributed by atoms with Crippen LogP contribution in [0.5, 0.6) is 0 Å². The van der Waals surface area contributed by atoms with E-state index in [1.807, 2.05) is 39.0 Å². The van der Waals surface area contributed by atoms with E-state index in [-0.39, 0.29) is 55.3 Å². The number of rotatable bonds is 13. The second-order valence-corrected chi connectivity index (χ2v) is 14.6. The second-order valence-electron chi connectivity index (χ2n) is 14.6. The van der Waals surface area contributed by atoms with Crippen LogP contribution in [0.2, 0.25) is 0 Å². The van der Waals surface area contributed by atoms with Gasteiger partial charge in [-0.25, -0.2) is 4.79 Å². The third-order valence-electron chi connectivity index (χ3n) is 10.3. The molecule has 4 N–H and O–H groups in total. The zero-order chi connectivity index (χ0) is 36.3. The number of ether oxygens (including phenoxy) is 4. The lowest BCUT2D eigenvalue weighted by molar-refractivity contribution is -0.151. The van der Waals surface area contributed by atoms with Gasteiger partial charge < -0.3 is 44.5 Å². The van der Waals surface area contributed by atoms with Gasteiger partial charge in [0.1, 0.15) is 17.8 Å². The third-order valence-corrected chi connectivity index (χ3v) is 10.3. The number of hydrogen-bond donors (Lipinski definition) is 4. The molecule has 3 heterocycles. The zero-order valence-electron chi connectivity index (χ0n) is 30.9. The predicted molar refractivity (Wildman–Crippen MR) is 188 cm³/mol. The number of nitrogens with one attached hydrogen (secondary N) is 1. The van der Waals surface area contributed by atoms with Crippen molar-refractivity contribution in [1.29, 1.82) is 0 Å². The maximum atomic E-state index is 12.8. The molecule has 0 aromatic heterocycles. The zero-order valence-corrected chi connectivity index (χ0v) is 30.9. The van der Waals surface area contributed by atoms with E-state index >= 15 is 0 Å². The number of amides is 1. The number of piperazine rings is 1. The van der Waals surface area contributed by atoms with E-state index in [9.17, 15) is 24.9 Å². The van der Waals surface area contributed by atoms with Gasteiger partial charge in [-0.05, 0) is 51.8 Å². The van der Waals surface area contributed by atoms with Crippen LogP contribution in [-0.2, 0) is 23.7 Å². The molecule has 3 aliphatic rings. The molecule has 3 aliphatic heterocycles. The molecule has 11 atom stereocenters. The quantitative estimate of drug-likeness (QED) is 0.0975. The topological polar surface area (TPSA) is 154 Å². The number of carbonyl (C=O) groups excluding carboxylic acids is 2. The molecule has 0 saturated carbocycles. The fraction of sp³-hybridized carbons (Fsp3) is 0.784. The van der Waals surface area contributed by atoms with Crippen molar-refractivity contribution < 1.29 is 43.9 Å². The molecule has 0 aromatic rings. The molecule has 49 heavy (non-hydrogen) atoms. The van der Waals surface area contributed by atoms with Gasteiger partial charge >= 0.3 is 12.1 Å². The number of carbonyl (C=O) groups is 2. The molecule has 2 fully saturated rings. The van der Waals surface area contributed by atoms with Gasteiger partial charge in [0.25, 0.3) is 0 Å². The Bertz CT molecular complexity index is 1130. The first-order valence-corrected chi connectivity index (χ1v) is 18.0. The first-order valence-electron chi connectivity index (χ1n) is 18.0. The molecule has 12 nitrogen and oxygen atoms in total. The van der Waals surface area contributed by atoms with Gasteiger partial charge in [0.15, 0.2) is 6.10 Å². The summed E-state index contributed by atoms with van der Waals surface area (Å²) in [5, 5.41) is 35.7. The van der Waals surface area contributed by atoms with Gasteiger partial charge in [-0.3, -0.25) is 9.69 Å². The summed E-state index contributed by atoms with van der Waals surface area (Å²) in [4.78, 5) is 30.2. The molecule has 11 unspecified atom stereocenters. The number of nitrogens with zero attached hydrogens (tertiary/aromatic N) is 2. The average Bonchev–Trinajstić information content (AvgIpc) is 3.86. The lowest BCUT2D eigenvalue weighted by atomic mass is 9.88. The lowest BCUT2D eigenvalue weighted by Crippen LogP contribution is -2.48.